The van der Waals surface area contributed by atoms with E-state index in [-0.39, 0.29) is 5.91 Å². The van der Waals surface area contributed by atoms with Crippen LogP contribution in [0.2, 0.25) is 10.2 Å². The van der Waals surface area contributed by atoms with Crippen LogP contribution in [0.5, 0.6) is 0 Å². The van der Waals surface area contributed by atoms with E-state index in [0.29, 0.717) is 28.1 Å². The third kappa shape index (κ3) is 5.20. The summed E-state index contributed by atoms with van der Waals surface area (Å²) in [7, 11) is 4.01. The third-order valence-corrected chi connectivity index (χ3v) is 3.76. The molecule has 0 saturated heterocycles. The maximum Gasteiger partial charge on any atom is 0.259 e. The maximum absolute atomic E-state index is 12.8. The van der Waals surface area contributed by atoms with Gasteiger partial charge in [0.2, 0.25) is 0 Å². The largest absolute Gasteiger partial charge is 0.309 e. The summed E-state index contributed by atoms with van der Waals surface area (Å²) >= 11 is 11.9. The Labute approximate surface area is 146 Å². The van der Waals surface area contributed by atoms with Gasteiger partial charge in [0.1, 0.15) is 11.0 Å². The van der Waals surface area contributed by atoms with E-state index < -0.39 is 0 Å². The molecule has 1 aromatic heterocycles. The second-order valence-corrected chi connectivity index (χ2v) is 6.26. The summed E-state index contributed by atoms with van der Waals surface area (Å²) in [4.78, 5) is 20.8. The quantitative estimate of drug-likeness (QED) is 0.738. The Kier molecular flexibility index (Phi) is 6.39. The standard InChI is InChI=1S/C17H19Cl2N3O/c1-21(2)11-4-12-22(16-6-3-5-15(19)20-16)17(23)13-7-9-14(18)10-8-13/h3,5-10H,4,11-12H2,1-2H3. The summed E-state index contributed by atoms with van der Waals surface area (Å²) < 4.78 is 0. The van der Waals surface area contributed by atoms with Crippen molar-refractivity contribution in [2.45, 2.75) is 6.42 Å². The highest BCUT2D eigenvalue weighted by Crippen LogP contribution is 2.19. The van der Waals surface area contributed by atoms with Crippen LogP contribution in [0.15, 0.2) is 42.5 Å². The SMILES string of the molecule is CN(C)CCCN(C(=O)c1ccc(Cl)cc1)c1cccc(Cl)n1. The Morgan fingerprint density at radius 3 is 2.35 bits per heavy atom. The van der Waals surface area contributed by atoms with Gasteiger partial charge in [-0.05, 0) is 63.5 Å². The lowest BCUT2D eigenvalue weighted by Crippen LogP contribution is -2.34. The highest BCUT2D eigenvalue weighted by Gasteiger charge is 2.19. The second kappa shape index (κ2) is 8.29. The van der Waals surface area contributed by atoms with Gasteiger partial charge < -0.3 is 4.90 Å². The van der Waals surface area contributed by atoms with Gasteiger partial charge in [0.05, 0.1) is 0 Å². The van der Waals surface area contributed by atoms with E-state index in [0.717, 1.165) is 13.0 Å². The van der Waals surface area contributed by atoms with Crippen LogP contribution < -0.4 is 4.90 Å². The van der Waals surface area contributed by atoms with Gasteiger partial charge in [0, 0.05) is 17.1 Å². The molecule has 0 spiro atoms. The summed E-state index contributed by atoms with van der Waals surface area (Å²) in [6.45, 7) is 1.44. The molecule has 1 amide bonds. The molecule has 0 bridgehead atoms. The number of rotatable bonds is 6. The zero-order chi connectivity index (χ0) is 16.8. The van der Waals surface area contributed by atoms with Gasteiger partial charge in [-0.15, -0.1) is 0 Å². The number of aromatic nitrogens is 1. The Morgan fingerprint density at radius 2 is 1.74 bits per heavy atom. The van der Waals surface area contributed by atoms with Crippen LogP contribution in [0, 0.1) is 0 Å². The zero-order valence-corrected chi connectivity index (χ0v) is 14.7. The van der Waals surface area contributed by atoms with Crippen LogP contribution >= 0.6 is 23.2 Å². The van der Waals surface area contributed by atoms with Gasteiger partial charge in [-0.1, -0.05) is 29.3 Å². The van der Waals surface area contributed by atoms with Gasteiger partial charge in [-0.2, -0.15) is 0 Å². The van der Waals surface area contributed by atoms with Crippen molar-refractivity contribution in [1.29, 1.82) is 0 Å². The summed E-state index contributed by atoms with van der Waals surface area (Å²) in [5.74, 6) is 0.436. The summed E-state index contributed by atoms with van der Waals surface area (Å²) in [5, 5.41) is 0.964. The first-order valence-corrected chi connectivity index (χ1v) is 8.07. The maximum atomic E-state index is 12.8. The van der Waals surface area contributed by atoms with Crippen molar-refractivity contribution in [3.05, 3.63) is 58.2 Å². The number of carbonyl (C=O) groups is 1. The number of pyridine rings is 1. The minimum absolute atomic E-state index is 0.116. The number of hydrogen-bond donors (Lipinski definition) is 0. The van der Waals surface area contributed by atoms with Crippen molar-refractivity contribution in [2.24, 2.45) is 0 Å². The van der Waals surface area contributed by atoms with E-state index in [9.17, 15) is 4.79 Å². The molecule has 0 fully saturated rings. The molecular formula is C17H19Cl2N3O. The van der Waals surface area contributed by atoms with Crippen LogP contribution in [-0.4, -0.2) is 43.0 Å². The summed E-state index contributed by atoms with van der Waals surface area (Å²) in [6, 6.07) is 12.1. The molecule has 0 aliphatic carbocycles. The normalized spacial score (nSPS) is 10.8. The average molecular weight is 352 g/mol. The molecule has 122 valence electrons. The molecule has 0 aliphatic rings. The fourth-order valence-corrected chi connectivity index (χ4v) is 2.45. The van der Waals surface area contributed by atoms with Gasteiger partial charge >= 0.3 is 0 Å². The van der Waals surface area contributed by atoms with Gasteiger partial charge in [0.25, 0.3) is 5.91 Å². The molecule has 0 radical (unpaired) electrons. The van der Waals surface area contributed by atoms with E-state index in [4.69, 9.17) is 23.2 Å². The Hall–Kier alpha value is -1.62. The molecule has 23 heavy (non-hydrogen) atoms. The van der Waals surface area contributed by atoms with Gasteiger partial charge in [0.15, 0.2) is 0 Å². The van der Waals surface area contributed by atoms with Gasteiger partial charge in [-0.3, -0.25) is 9.69 Å². The number of carbonyl (C=O) groups excluding carboxylic acids is 1. The topological polar surface area (TPSA) is 36.4 Å². The lowest BCUT2D eigenvalue weighted by molar-refractivity contribution is 0.0985. The molecule has 0 saturated carbocycles. The van der Waals surface area contributed by atoms with Gasteiger partial charge in [-0.25, -0.2) is 4.98 Å². The molecule has 0 atom stereocenters. The number of benzene rings is 1. The van der Waals surface area contributed by atoms with E-state index >= 15 is 0 Å². The van der Waals surface area contributed by atoms with Crippen molar-refractivity contribution in [2.75, 3.05) is 32.1 Å². The van der Waals surface area contributed by atoms with Crippen molar-refractivity contribution < 1.29 is 4.79 Å². The fourth-order valence-electron chi connectivity index (χ4n) is 2.16. The van der Waals surface area contributed by atoms with Crippen molar-refractivity contribution in [3.8, 4) is 0 Å². The molecule has 0 aliphatic heterocycles. The second-order valence-electron chi connectivity index (χ2n) is 5.44. The molecule has 2 rings (SSSR count). The Morgan fingerprint density at radius 1 is 1.04 bits per heavy atom. The molecule has 1 heterocycles. The van der Waals surface area contributed by atoms with E-state index in [1.54, 1.807) is 47.4 Å². The average Bonchev–Trinajstić information content (AvgIpc) is 2.51. The zero-order valence-electron chi connectivity index (χ0n) is 13.2. The predicted octanol–water partition coefficient (Wildman–Crippen LogP) is 3.99. The molecule has 0 unspecified atom stereocenters. The van der Waals surface area contributed by atoms with Crippen LogP contribution in [0.1, 0.15) is 16.8 Å². The van der Waals surface area contributed by atoms with Crippen molar-refractivity contribution >= 4 is 34.9 Å². The minimum atomic E-state index is -0.116. The summed E-state index contributed by atoms with van der Waals surface area (Å²) in [6.07, 6.45) is 0.834. The highest BCUT2D eigenvalue weighted by atomic mass is 35.5. The molecule has 2 aromatic rings. The monoisotopic (exact) mass is 351 g/mol. The number of anilines is 1. The Bertz CT molecular complexity index is 659. The molecule has 4 nitrogen and oxygen atoms in total. The lowest BCUT2D eigenvalue weighted by atomic mass is 10.2. The van der Waals surface area contributed by atoms with Crippen LogP contribution in [0.3, 0.4) is 0 Å². The summed E-state index contributed by atoms with van der Waals surface area (Å²) in [5.41, 5.74) is 0.570. The third-order valence-electron chi connectivity index (χ3n) is 3.30. The number of amides is 1. The molecule has 0 N–H and O–H groups in total. The first kappa shape index (κ1) is 17.7. The van der Waals surface area contributed by atoms with Crippen molar-refractivity contribution in [3.63, 3.8) is 0 Å². The Balaban J connectivity index is 2.24. The first-order chi connectivity index (χ1) is 11.0. The van der Waals surface area contributed by atoms with E-state index in [1.807, 2.05) is 14.1 Å². The minimum Gasteiger partial charge on any atom is -0.309 e. The number of nitrogens with zero attached hydrogens (tertiary/aromatic N) is 3. The van der Waals surface area contributed by atoms with E-state index in [2.05, 4.69) is 9.88 Å². The highest BCUT2D eigenvalue weighted by molar-refractivity contribution is 6.30. The molecular weight excluding hydrogens is 333 g/mol. The lowest BCUT2D eigenvalue weighted by Gasteiger charge is -2.23. The van der Waals surface area contributed by atoms with Crippen LogP contribution in [0.25, 0.3) is 0 Å². The van der Waals surface area contributed by atoms with Crippen molar-refractivity contribution in [1.82, 2.24) is 9.88 Å². The van der Waals surface area contributed by atoms with Crippen LogP contribution in [0.4, 0.5) is 5.82 Å². The smallest absolute Gasteiger partial charge is 0.259 e. The van der Waals surface area contributed by atoms with E-state index in [1.165, 1.54) is 0 Å². The molecule has 1 aromatic carbocycles. The number of hydrogen-bond acceptors (Lipinski definition) is 3. The van der Waals surface area contributed by atoms with Crippen LogP contribution in [-0.2, 0) is 0 Å². The predicted molar refractivity (Wildman–Crippen MR) is 95.5 cm³/mol. The fraction of sp³-hybridized carbons (Fsp3) is 0.294. The molecule has 6 heteroatoms. The number of halogens is 2. The first-order valence-electron chi connectivity index (χ1n) is 7.32.